The maximum absolute atomic E-state index is 12.3. The first-order chi connectivity index (χ1) is 11.3. The van der Waals surface area contributed by atoms with Gasteiger partial charge in [0, 0.05) is 6.54 Å². The second kappa shape index (κ2) is 7.33. The van der Waals surface area contributed by atoms with E-state index in [1.165, 1.54) is 0 Å². The summed E-state index contributed by atoms with van der Waals surface area (Å²) in [5, 5.41) is 2.54. The Morgan fingerprint density at radius 3 is 2.54 bits per heavy atom. The molecule has 1 saturated heterocycles. The number of nitrogens with one attached hydrogen (secondary N) is 1. The molecular formula is C17H22N2O5. The van der Waals surface area contributed by atoms with Crippen molar-refractivity contribution < 1.29 is 23.9 Å². The highest BCUT2D eigenvalue weighted by Crippen LogP contribution is 2.18. The number of ether oxygens (including phenoxy) is 2. The van der Waals surface area contributed by atoms with Crippen molar-refractivity contribution in [2.75, 3.05) is 6.54 Å². The first-order valence-corrected chi connectivity index (χ1v) is 7.78. The number of hydrogen-bond acceptors (Lipinski definition) is 5. The van der Waals surface area contributed by atoms with E-state index in [0.717, 1.165) is 10.5 Å². The number of hydrogen-bond donors (Lipinski definition) is 1. The molecule has 1 aromatic carbocycles. The molecule has 0 unspecified atom stereocenters. The highest BCUT2D eigenvalue weighted by molar-refractivity contribution is 5.97. The lowest BCUT2D eigenvalue weighted by atomic mass is 10.1. The normalized spacial score (nSPS) is 17.9. The van der Waals surface area contributed by atoms with Crippen molar-refractivity contribution in [1.82, 2.24) is 10.2 Å². The van der Waals surface area contributed by atoms with E-state index in [0.29, 0.717) is 6.54 Å². The lowest BCUT2D eigenvalue weighted by molar-refractivity contribution is -0.150. The van der Waals surface area contributed by atoms with Crippen LogP contribution in [0.2, 0.25) is 0 Å². The van der Waals surface area contributed by atoms with Crippen LogP contribution in [0.4, 0.5) is 9.59 Å². The number of esters is 1. The molecule has 7 heteroatoms. The van der Waals surface area contributed by atoms with Crippen molar-refractivity contribution in [3.63, 3.8) is 0 Å². The summed E-state index contributed by atoms with van der Waals surface area (Å²) in [6, 6.07) is 7.54. The maximum Gasteiger partial charge on any atom is 0.419 e. The average molecular weight is 334 g/mol. The SMILES string of the molecule is CC(C)(C)OC(=O)N1C(=O)NCC[C@H]1C(=O)OCc1ccccc1. The topological polar surface area (TPSA) is 84.9 Å². The van der Waals surface area contributed by atoms with Gasteiger partial charge in [0.05, 0.1) is 0 Å². The zero-order valence-electron chi connectivity index (χ0n) is 14.1. The van der Waals surface area contributed by atoms with Gasteiger partial charge in [0.1, 0.15) is 18.2 Å². The Morgan fingerprint density at radius 2 is 1.92 bits per heavy atom. The predicted molar refractivity (Wildman–Crippen MR) is 86.1 cm³/mol. The van der Waals surface area contributed by atoms with Gasteiger partial charge in [0.15, 0.2) is 0 Å². The van der Waals surface area contributed by atoms with Crippen molar-refractivity contribution in [3.05, 3.63) is 35.9 Å². The molecule has 0 aliphatic carbocycles. The van der Waals surface area contributed by atoms with Crippen molar-refractivity contribution in [2.45, 2.75) is 45.4 Å². The molecule has 0 aromatic heterocycles. The monoisotopic (exact) mass is 334 g/mol. The number of urea groups is 1. The van der Waals surface area contributed by atoms with Crippen LogP contribution < -0.4 is 5.32 Å². The Labute approximate surface area is 140 Å². The third kappa shape index (κ3) is 4.71. The molecule has 7 nitrogen and oxygen atoms in total. The van der Waals surface area contributed by atoms with E-state index >= 15 is 0 Å². The van der Waals surface area contributed by atoms with Gasteiger partial charge in [0.25, 0.3) is 0 Å². The van der Waals surface area contributed by atoms with E-state index in [4.69, 9.17) is 9.47 Å². The highest BCUT2D eigenvalue weighted by Gasteiger charge is 2.41. The average Bonchev–Trinajstić information content (AvgIpc) is 2.51. The first kappa shape index (κ1) is 17.8. The van der Waals surface area contributed by atoms with Gasteiger partial charge in [-0.1, -0.05) is 30.3 Å². The number of imide groups is 1. The summed E-state index contributed by atoms with van der Waals surface area (Å²) >= 11 is 0. The van der Waals surface area contributed by atoms with E-state index in [1.807, 2.05) is 30.3 Å². The van der Waals surface area contributed by atoms with Gasteiger partial charge in [-0.3, -0.25) is 0 Å². The number of carbonyl (C=O) groups excluding carboxylic acids is 3. The molecule has 0 spiro atoms. The summed E-state index contributed by atoms with van der Waals surface area (Å²) in [5.74, 6) is -0.625. The summed E-state index contributed by atoms with van der Waals surface area (Å²) in [4.78, 5) is 37.4. The van der Waals surface area contributed by atoms with Gasteiger partial charge in [-0.2, -0.15) is 0 Å². The molecule has 1 heterocycles. The number of benzene rings is 1. The van der Waals surface area contributed by atoms with Crippen LogP contribution in [0.15, 0.2) is 30.3 Å². The molecule has 0 bridgehead atoms. The molecule has 1 N–H and O–H groups in total. The van der Waals surface area contributed by atoms with E-state index in [1.54, 1.807) is 20.8 Å². The molecule has 1 atom stereocenters. The number of amides is 3. The van der Waals surface area contributed by atoms with Crippen molar-refractivity contribution >= 4 is 18.1 Å². The summed E-state index contributed by atoms with van der Waals surface area (Å²) in [6.45, 7) is 5.45. The molecular weight excluding hydrogens is 312 g/mol. The molecule has 130 valence electrons. The Kier molecular flexibility index (Phi) is 5.43. The summed E-state index contributed by atoms with van der Waals surface area (Å²) < 4.78 is 10.5. The molecule has 1 fully saturated rings. The van der Waals surface area contributed by atoms with Gasteiger partial charge in [-0.25, -0.2) is 19.3 Å². The minimum Gasteiger partial charge on any atom is -0.459 e. The molecule has 2 rings (SSSR count). The molecule has 24 heavy (non-hydrogen) atoms. The molecule has 1 aliphatic heterocycles. The van der Waals surface area contributed by atoms with Crippen LogP contribution in [0.3, 0.4) is 0 Å². The van der Waals surface area contributed by atoms with Crippen LogP contribution in [-0.2, 0) is 20.9 Å². The molecule has 1 aliphatic rings. The predicted octanol–water partition coefficient (Wildman–Crippen LogP) is 2.45. The molecule has 0 radical (unpaired) electrons. The second-order valence-electron chi connectivity index (χ2n) is 6.48. The van der Waals surface area contributed by atoms with Crippen LogP contribution in [-0.4, -0.2) is 41.2 Å². The summed E-state index contributed by atoms with van der Waals surface area (Å²) in [7, 11) is 0. The van der Waals surface area contributed by atoms with Gasteiger partial charge in [0.2, 0.25) is 0 Å². The van der Waals surface area contributed by atoms with Crippen LogP contribution in [0.1, 0.15) is 32.8 Å². The van der Waals surface area contributed by atoms with Crippen molar-refractivity contribution in [2.24, 2.45) is 0 Å². The van der Waals surface area contributed by atoms with Crippen molar-refractivity contribution in [1.29, 1.82) is 0 Å². The lowest BCUT2D eigenvalue weighted by Gasteiger charge is -2.33. The molecule has 0 saturated carbocycles. The largest absolute Gasteiger partial charge is 0.459 e. The quantitative estimate of drug-likeness (QED) is 0.858. The van der Waals surface area contributed by atoms with Gasteiger partial charge >= 0.3 is 18.1 Å². The summed E-state index contributed by atoms with van der Waals surface area (Å²) in [6.07, 6.45) is -0.583. The minimum atomic E-state index is -0.989. The van der Waals surface area contributed by atoms with E-state index in [-0.39, 0.29) is 13.0 Å². The van der Waals surface area contributed by atoms with Gasteiger partial charge < -0.3 is 14.8 Å². The second-order valence-corrected chi connectivity index (χ2v) is 6.48. The van der Waals surface area contributed by atoms with Crippen LogP contribution >= 0.6 is 0 Å². The molecule has 1 aromatic rings. The Bertz CT molecular complexity index is 609. The van der Waals surface area contributed by atoms with Crippen LogP contribution in [0.5, 0.6) is 0 Å². The lowest BCUT2D eigenvalue weighted by Crippen LogP contribution is -2.58. The molecule has 3 amide bonds. The van der Waals surface area contributed by atoms with Gasteiger partial charge in [-0.15, -0.1) is 0 Å². The number of carbonyl (C=O) groups is 3. The zero-order valence-corrected chi connectivity index (χ0v) is 14.1. The minimum absolute atomic E-state index is 0.0833. The van der Waals surface area contributed by atoms with Crippen LogP contribution in [0.25, 0.3) is 0 Å². The van der Waals surface area contributed by atoms with E-state index in [9.17, 15) is 14.4 Å². The fourth-order valence-corrected chi connectivity index (χ4v) is 2.24. The summed E-state index contributed by atoms with van der Waals surface area (Å²) in [5.41, 5.74) is 0.0581. The Morgan fingerprint density at radius 1 is 1.25 bits per heavy atom. The smallest absolute Gasteiger partial charge is 0.419 e. The van der Waals surface area contributed by atoms with E-state index in [2.05, 4.69) is 5.32 Å². The highest BCUT2D eigenvalue weighted by atomic mass is 16.6. The van der Waals surface area contributed by atoms with Crippen LogP contribution in [0, 0.1) is 0 Å². The van der Waals surface area contributed by atoms with Crippen molar-refractivity contribution in [3.8, 4) is 0 Å². The van der Waals surface area contributed by atoms with Gasteiger partial charge in [-0.05, 0) is 32.8 Å². The fourth-order valence-electron chi connectivity index (χ4n) is 2.24. The zero-order chi connectivity index (χ0) is 17.7. The Hall–Kier alpha value is -2.57. The third-order valence-electron chi connectivity index (χ3n) is 3.31. The van der Waals surface area contributed by atoms with E-state index < -0.39 is 29.7 Å². The first-order valence-electron chi connectivity index (χ1n) is 7.78. The maximum atomic E-state index is 12.3. The number of nitrogens with zero attached hydrogens (tertiary/aromatic N) is 1. The fraction of sp³-hybridized carbons (Fsp3) is 0.471. The standard InChI is InChI=1S/C17H22N2O5/c1-17(2,3)24-16(22)19-13(9-10-18-15(19)21)14(20)23-11-12-7-5-4-6-8-12/h4-8,13H,9-11H2,1-3H3,(H,18,21)/t13-/m0/s1. The third-order valence-corrected chi connectivity index (χ3v) is 3.31. The Balaban J connectivity index is 2.05. The number of rotatable bonds is 3.